The summed E-state index contributed by atoms with van der Waals surface area (Å²) in [5.41, 5.74) is 1.46. The fourth-order valence-corrected chi connectivity index (χ4v) is 3.66. The Bertz CT molecular complexity index is 275. The van der Waals surface area contributed by atoms with Crippen LogP contribution in [0.1, 0.15) is 44.1 Å². The van der Waals surface area contributed by atoms with Crippen molar-refractivity contribution in [3.63, 3.8) is 0 Å². The van der Waals surface area contributed by atoms with Crippen LogP contribution in [0, 0.1) is 6.07 Å². The van der Waals surface area contributed by atoms with E-state index in [1.165, 1.54) is 56.3 Å². The van der Waals surface area contributed by atoms with Crippen LogP contribution in [0.3, 0.4) is 0 Å². The van der Waals surface area contributed by atoms with Crippen molar-refractivity contribution in [2.24, 2.45) is 0 Å². The van der Waals surface area contributed by atoms with Crippen LogP contribution in [0.2, 0.25) is 0 Å². The standard InChI is InChI=1S/C15H21S/c1-3-8-14(9-4-1)10-7-13-16-15-11-5-2-6-12-15/h3-4,8-9,15H,2,5-7,10-13H2. The van der Waals surface area contributed by atoms with Crippen LogP contribution in [-0.4, -0.2) is 11.0 Å². The lowest BCUT2D eigenvalue weighted by atomic mass is 10.0. The lowest BCUT2D eigenvalue weighted by Gasteiger charge is -2.20. The van der Waals surface area contributed by atoms with E-state index in [0.29, 0.717) is 0 Å². The molecule has 87 valence electrons. The molecule has 1 radical (unpaired) electrons. The molecule has 16 heavy (non-hydrogen) atoms. The molecule has 0 aromatic heterocycles. The molecule has 1 aliphatic carbocycles. The first-order valence-electron chi connectivity index (χ1n) is 6.52. The van der Waals surface area contributed by atoms with Crippen LogP contribution < -0.4 is 0 Å². The average molecular weight is 233 g/mol. The monoisotopic (exact) mass is 233 g/mol. The third-order valence-corrected chi connectivity index (χ3v) is 4.77. The molecule has 2 rings (SSSR count). The molecule has 0 spiro atoms. The lowest BCUT2D eigenvalue weighted by Crippen LogP contribution is -2.08. The average Bonchev–Trinajstić information content (AvgIpc) is 2.37. The molecule has 0 atom stereocenters. The van der Waals surface area contributed by atoms with Gasteiger partial charge in [0.05, 0.1) is 0 Å². The normalized spacial score (nSPS) is 17.5. The number of aryl methyl sites for hydroxylation is 1. The summed E-state index contributed by atoms with van der Waals surface area (Å²) >= 11 is 2.21. The second-order valence-corrected chi connectivity index (χ2v) is 6.05. The van der Waals surface area contributed by atoms with Gasteiger partial charge in [0.2, 0.25) is 0 Å². The highest BCUT2D eigenvalue weighted by Crippen LogP contribution is 2.28. The molecule has 1 fully saturated rings. The quantitative estimate of drug-likeness (QED) is 0.675. The van der Waals surface area contributed by atoms with Gasteiger partial charge in [0, 0.05) is 5.25 Å². The van der Waals surface area contributed by atoms with Crippen LogP contribution in [0.25, 0.3) is 0 Å². The minimum atomic E-state index is 0.970. The highest BCUT2D eigenvalue weighted by atomic mass is 32.2. The molecular weight excluding hydrogens is 212 g/mol. The van der Waals surface area contributed by atoms with Gasteiger partial charge in [-0.2, -0.15) is 11.8 Å². The van der Waals surface area contributed by atoms with Crippen molar-refractivity contribution in [1.29, 1.82) is 0 Å². The van der Waals surface area contributed by atoms with E-state index in [1.54, 1.807) is 0 Å². The SMILES string of the molecule is [c]1ccc(CCCSC2CCCCC2)cc1. The molecule has 0 aliphatic heterocycles. The van der Waals surface area contributed by atoms with Crippen molar-refractivity contribution < 1.29 is 0 Å². The van der Waals surface area contributed by atoms with Crippen LogP contribution in [0.4, 0.5) is 0 Å². The fourth-order valence-electron chi connectivity index (χ4n) is 2.35. The molecule has 0 unspecified atom stereocenters. The molecule has 1 aromatic carbocycles. The molecule has 1 saturated carbocycles. The van der Waals surface area contributed by atoms with E-state index in [0.717, 1.165) is 5.25 Å². The summed E-state index contributed by atoms with van der Waals surface area (Å²) in [6.45, 7) is 0. The Kier molecular flexibility index (Phi) is 5.27. The van der Waals surface area contributed by atoms with E-state index in [-0.39, 0.29) is 0 Å². The Morgan fingerprint density at radius 2 is 1.88 bits per heavy atom. The maximum Gasteiger partial charge on any atom is 0.00470 e. The Balaban J connectivity index is 1.58. The van der Waals surface area contributed by atoms with Crippen LogP contribution in [-0.2, 0) is 6.42 Å². The Labute approximate surface area is 104 Å². The minimum absolute atomic E-state index is 0.970. The summed E-state index contributed by atoms with van der Waals surface area (Å²) < 4.78 is 0. The van der Waals surface area contributed by atoms with E-state index in [4.69, 9.17) is 0 Å². The number of hydrogen-bond donors (Lipinski definition) is 0. The van der Waals surface area contributed by atoms with Crippen molar-refractivity contribution in [3.05, 3.63) is 35.9 Å². The van der Waals surface area contributed by atoms with Gasteiger partial charge in [-0.25, -0.2) is 0 Å². The molecule has 0 saturated heterocycles. The third kappa shape index (κ3) is 4.21. The third-order valence-electron chi connectivity index (χ3n) is 3.30. The molecule has 0 bridgehead atoms. The van der Waals surface area contributed by atoms with Gasteiger partial charge in [-0.3, -0.25) is 0 Å². The van der Waals surface area contributed by atoms with Gasteiger partial charge in [-0.1, -0.05) is 43.5 Å². The van der Waals surface area contributed by atoms with Crippen molar-refractivity contribution in [2.45, 2.75) is 50.2 Å². The highest BCUT2D eigenvalue weighted by Gasteiger charge is 2.12. The topological polar surface area (TPSA) is 0 Å². The zero-order valence-corrected chi connectivity index (χ0v) is 10.8. The van der Waals surface area contributed by atoms with Gasteiger partial charge in [-0.05, 0) is 43.1 Å². The molecular formula is C15H21S. The smallest absolute Gasteiger partial charge is 0.00470 e. The van der Waals surface area contributed by atoms with Gasteiger partial charge >= 0.3 is 0 Å². The summed E-state index contributed by atoms with van der Waals surface area (Å²) in [5.74, 6) is 1.34. The molecule has 0 amide bonds. The van der Waals surface area contributed by atoms with Gasteiger partial charge in [0.25, 0.3) is 0 Å². The zero-order valence-electron chi connectivity index (χ0n) is 9.95. The second kappa shape index (κ2) is 7.01. The van der Waals surface area contributed by atoms with Crippen molar-refractivity contribution in [1.82, 2.24) is 0 Å². The van der Waals surface area contributed by atoms with Gasteiger partial charge in [-0.15, -0.1) is 0 Å². The molecule has 0 nitrogen and oxygen atoms in total. The Morgan fingerprint density at radius 1 is 1.12 bits per heavy atom. The van der Waals surface area contributed by atoms with Crippen molar-refractivity contribution in [3.8, 4) is 0 Å². The number of thioether (sulfide) groups is 1. The predicted molar refractivity (Wildman–Crippen MR) is 72.9 cm³/mol. The van der Waals surface area contributed by atoms with E-state index in [1.807, 2.05) is 12.1 Å². The summed E-state index contributed by atoms with van der Waals surface area (Å²) in [6, 6.07) is 11.5. The van der Waals surface area contributed by atoms with Gasteiger partial charge < -0.3 is 0 Å². The number of hydrogen-bond acceptors (Lipinski definition) is 1. The van der Waals surface area contributed by atoms with Crippen molar-refractivity contribution in [2.75, 3.05) is 5.75 Å². The summed E-state index contributed by atoms with van der Waals surface area (Å²) in [5, 5.41) is 0.970. The predicted octanol–water partition coefficient (Wildman–Crippen LogP) is 4.49. The van der Waals surface area contributed by atoms with Crippen molar-refractivity contribution >= 4 is 11.8 Å². The molecule has 0 heterocycles. The van der Waals surface area contributed by atoms with Gasteiger partial charge in [0.1, 0.15) is 0 Å². The van der Waals surface area contributed by atoms with E-state index in [2.05, 4.69) is 30.0 Å². The fraction of sp³-hybridized carbons (Fsp3) is 0.600. The van der Waals surface area contributed by atoms with E-state index >= 15 is 0 Å². The number of benzene rings is 1. The first-order chi connectivity index (χ1) is 7.95. The zero-order chi connectivity index (χ0) is 11.1. The first kappa shape index (κ1) is 12.0. The maximum atomic E-state index is 3.07. The molecule has 0 N–H and O–H groups in total. The van der Waals surface area contributed by atoms with E-state index < -0.39 is 0 Å². The van der Waals surface area contributed by atoms with Crippen LogP contribution >= 0.6 is 11.8 Å². The molecule has 1 aliphatic rings. The second-order valence-electron chi connectivity index (χ2n) is 4.64. The summed E-state index contributed by atoms with van der Waals surface area (Å²) in [7, 11) is 0. The van der Waals surface area contributed by atoms with E-state index in [9.17, 15) is 0 Å². The summed E-state index contributed by atoms with van der Waals surface area (Å²) in [4.78, 5) is 0. The lowest BCUT2D eigenvalue weighted by molar-refractivity contribution is 0.516. The maximum absolute atomic E-state index is 3.07. The Morgan fingerprint density at radius 3 is 2.62 bits per heavy atom. The summed E-state index contributed by atoms with van der Waals surface area (Å²) in [6.07, 6.45) is 9.88. The Hall–Kier alpha value is -0.430. The largest absolute Gasteiger partial charge is 0.159 e. The number of rotatable bonds is 5. The van der Waals surface area contributed by atoms with Crippen LogP contribution in [0.15, 0.2) is 24.3 Å². The van der Waals surface area contributed by atoms with Gasteiger partial charge in [0.15, 0.2) is 0 Å². The minimum Gasteiger partial charge on any atom is -0.159 e. The highest BCUT2D eigenvalue weighted by molar-refractivity contribution is 7.99. The molecule has 1 aromatic rings. The van der Waals surface area contributed by atoms with Crippen LogP contribution in [0.5, 0.6) is 0 Å². The molecule has 1 heteroatoms. The first-order valence-corrected chi connectivity index (χ1v) is 7.56.